The van der Waals surface area contributed by atoms with Crippen molar-refractivity contribution in [3.8, 4) is 11.4 Å². The van der Waals surface area contributed by atoms with Crippen LogP contribution in [0.1, 0.15) is 43.7 Å². The number of hydrogen-bond acceptors (Lipinski definition) is 6. The van der Waals surface area contributed by atoms with Crippen LogP contribution in [0.5, 0.6) is 0 Å². The minimum Gasteiger partial charge on any atom is -0.337 e. The Kier molecular flexibility index (Phi) is 6.67. The van der Waals surface area contributed by atoms with Crippen molar-refractivity contribution in [2.24, 2.45) is 0 Å². The molecule has 28 heavy (non-hydrogen) atoms. The zero-order chi connectivity index (χ0) is 19.8. The Bertz CT molecular complexity index is 869. The second kappa shape index (κ2) is 9.59. The second-order valence-corrected chi connectivity index (χ2v) is 6.47. The molecule has 0 aromatic carbocycles. The van der Waals surface area contributed by atoms with Crippen LogP contribution in [0.25, 0.3) is 11.4 Å². The standard InChI is InChI=1S/C20H24N6O2/c1-3-4-9-17(15-7-5-10-21-12-15)26(2)20(27)23-14-18-24-19(25-28-18)16-8-6-11-22-13-16/h5-8,10-13,17H,3-4,9,14H2,1-2H3,(H,23,27)/t17-/m1/s1. The summed E-state index contributed by atoms with van der Waals surface area (Å²) in [5, 5.41) is 6.78. The molecule has 0 saturated heterocycles. The van der Waals surface area contributed by atoms with E-state index in [0.29, 0.717) is 11.7 Å². The van der Waals surface area contributed by atoms with E-state index in [1.165, 1.54) is 0 Å². The quantitative estimate of drug-likeness (QED) is 0.641. The van der Waals surface area contributed by atoms with Crippen molar-refractivity contribution in [2.45, 2.75) is 38.8 Å². The van der Waals surface area contributed by atoms with Gasteiger partial charge in [0.15, 0.2) is 0 Å². The van der Waals surface area contributed by atoms with E-state index >= 15 is 0 Å². The number of nitrogens with one attached hydrogen (secondary N) is 1. The van der Waals surface area contributed by atoms with Crippen LogP contribution in [0.3, 0.4) is 0 Å². The first kappa shape index (κ1) is 19.5. The van der Waals surface area contributed by atoms with Gasteiger partial charge in [0.1, 0.15) is 0 Å². The zero-order valence-corrected chi connectivity index (χ0v) is 16.1. The van der Waals surface area contributed by atoms with Crippen LogP contribution in [-0.4, -0.2) is 38.1 Å². The Morgan fingerprint density at radius 1 is 1.21 bits per heavy atom. The second-order valence-electron chi connectivity index (χ2n) is 6.47. The minimum atomic E-state index is -0.203. The minimum absolute atomic E-state index is 0.0395. The largest absolute Gasteiger partial charge is 0.337 e. The van der Waals surface area contributed by atoms with Crippen LogP contribution in [0.4, 0.5) is 4.79 Å². The molecular formula is C20H24N6O2. The van der Waals surface area contributed by atoms with Crippen LogP contribution in [0.15, 0.2) is 53.6 Å². The Balaban J connectivity index is 1.62. The molecule has 0 saturated carbocycles. The molecule has 0 aliphatic carbocycles. The van der Waals surface area contributed by atoms with Crippen molar-refractivity contribution in [1.29, 1.82) is 0 Å². The molecule has 146 valence electrons. The molecule has 1 atom stereocenters. The lowest BCUT2D eigenvalue weighted by atomic mass is 10.0. The molecule has 0 aliphatic rings. The smallest absolute Gasteiger partial charge is 0.318 e. The highest BCUT2D eigenvalue weighted by Gasteiger charge is 2.22. The van der Waals surface area contributed by atoms with Crippen molar-refractivity contribution < 1.29 is 9.32 Å². The normalized spacial score (nSPS) is 11.8. The van der Waals surface area contributed by atoms with Gasteiger partial charge in [-0.15, -0.1) is 0 Å². The maximum Gasteiger partial charge on any atom is 0.318 e. The van der Waals surface area contributed by atoms with E-state index in [-0.39, 0.29) is 18.6 Å². The van der Waals surface area contributed by atoms with Gasteiger partial charge in [0.2, 0.25) is 11.7 Å². The summed E-state index contributed by atoms with van der Waals surface area (Å²) >= 11 is 0. The highest BCUT2D eigenvalue weighted by atomic mass is 16.5. The number of amides is 2. The van der Waals surface area contributed by atoms with Gasteiger partial charge in [-0.3, -0.25) is 9.97 Å². The van der Waals surface area contributed by atoms with Gasteiger partial charge in [0, 0.05) is 37.4 Å². The number of carbonyl (C=O) groups excluding carboxylic acids is 1. The monoisotopic (exact) mass is 380 g/mol. The lowest BCUT2D eigenvalue weighted by Gasteiger charge is -2.28. The van der Waals surface area contributed by atoms with Gasteiger partial charge in [0.25, 0.3) is 0 Å². The Morgan fingerprint density at radius 3 is 2.68 bits per heavy atom. The molecule has 3 aromatic rings. The summed E-state index contributed by atoms with van der Waals surface area (Å²) in [7, 11) is 1.79. The summed E-state index contributed by atoms with van der Waals surface area (Å²) in [5.41, 5.74) is 1.78. The number of urea groups is 1. The average Bonchev–Trinajstić information content (AvgIpc) is 3.22. The van der Waals surface area contributed by atoms with Crippen molar-refractivity contribution in [3.05, 3.63) is 60.5 Å². The van der Waals surface area contributed by atoms with Crippen molar-refractivity contribution in [1.82, 2.24) is 30.3 Å². The Morgan fingerprint density at radius 2 is 2.00 bits per heavy atom. The van der Waals surface area contributed by atoms with Gasteiger partial charge < -0.3 is 14.7 Å². The molecular weight excluding hydrogens is 356 g/mol. The van der Waals surface area contributed by atoms with Crippen molar-refractivity contribution in [3.63, 3.8) is 0 Å². The summed E-state index contributed by atoms with van der Waals surface area (Å²) in [6.07, 6.45) is 9.83. The lowest BCUT2D eigenvalue weighted by Crippen LogP contribution is -2.39. The van der Waals surface area contributed by atoms with Gasteiger partial charge in [-0.25, -0.2) is 4.79 Å². The fourth-order valence-electron chi connectivity index (χ4n) is 2.91. The summed E-state index contributed by atoms with van der Waals surface area (Å²) in [6, 6.07) is 7.29. The number of aromatic nitrogens is 4. The van der Waals surface area contributed by atoms with Crippen LogP contribution in [0.2, 0.25) is 0 Å². The molecule has 3 rings (SSSR count). The van der Waals surface area contributed by atoms with E-state index in [1.807, 2.05) is 24.4 Å². The third-order valence-electron chi connectivity index (χ3n) is 4.47. The predicted molar refractivity (Wildman–Crippen MR) is 104 cm³/mol. The first-order valence-electron chi connectivity index (χ1n) is 9.32. The molecule has 8 heteroatoms. The van der Waals surface area contributed by atoms with E-state index in [2.05, 4.69) is 32.3 Å². The molecule has 0 radical (unpaired) electrons. The number of unbranched alkanes of at least 4 members (excludes halogenated alkanes) is 1. The Hall–Kier alpha value is -3.29. The molecule has 0 aliphatic heterocycles. The van der Waals surface area contributed by atoms with Crippen LogP contribution in [-0.2, 0) is 6.54 Å². The summed E-state index contributed by atoms with van der Waals surface area (Å²) in [6.45, 7) is 2.29. The number of nitrogens with zero attached hydrogens (tertiary/aromatic N) is 5. The maximum atomic E-state index is 12.7. The fraction of sp³-hybridized carbons (Fsp3) is 0.350. The molecule has 0 fully saturated rings. The van der Waals surface area contributed by atoms with Gasteiger partial charge in [-0.05, 0) is 30.2 Å². The molecule has 0 unspecified atom stereocenters. The molecule has 2 amide bonds. The van der Waals surface area contributed by atoms with Crippen molar-refractivity contribution >= 4 is 6.03 Å². The van der Waals surface area contributed by atoms with E-state index in [1.54, 1.807) is 36.6 Å². The highest BCUT2D eigenvalue weighted by Crippen LogP contribution is 2.24. The van der Waals surface area contributed by atoms with E-state index in [0.717, 1.165) is 30.4 Å². The van der Waals surface area contributed by atoms with Crippen molar-refractivity contribution in [2.75, 3.05) is 7.05 Å². The van der Waals surface area contributed by atoms with Gasteiger partial charge in [-0.2, -0.15) is 4.98 Å². The maximum absolute atomic E-state index is 12.7. The van der Waals surface area contributed by atoms with Gasteiger partial charge in [0.05, 0.1) is 12.6 Å². The Labute approximate surface area is 164 Å². The van der Waals surface area contributed by atoms with E-state index in [9.17, 15) is 4.79 Å². The van der Waals surface area contributed by atoms with E-state index in [4.69, 9.17) is 4.52 Å². The number of pyridine rings is 2. The van der Waals surface area contributed by atoms with Gasteiger partial charge >= 0.3 is 6.03 Å². The summed E-state index contributed by atoms with van der Waals surface area (Å²) in [4.78, 5) is 26.9. The molecule has 3 heterocycles. The number of hydrogen-bond donors (Lipinski definition) is 1. The molecule has 0 spiro atoms. The summed E-state index contributed by atoms with van der Waals surface area (Å²) in [5.74, 6) is 0.786. The first-order valence-corrected chi connectivity index (χ1v) is 9.32. The predicted octanol–water partition coefficient (Wildman–Crippen LogP) is 3.60. The third kappa shape index (κ3) is 4.91. The zero-order valence-electron chi connectivity index (χ0n) is 16.1. The molecule has 1 N–H and O–H groups in total. The number of carbonyl (C=O) groups is 1. The first-order chi connectivity index (χ1) is 13.7. The average molecular weight is 380 g/mol. The molecule has 3 aromatic heterocycles. The molecule has 0 bridgehead atoms. The molecule has 8 nitrogen and oxygen atoms in total. The van der Waals surface area contributed by atoms with Crippen LogP contribution < -0.4 is 5.32 Å². The lowest BCUT2D eigenvalue weighted by molar-refractivity contribution is 0.184. The highest BCUT2D eigenvalue weighted by molar-refractivity contribution is 5.74. The van der Waals surface area contributed by atoms with E-state index < -0.39 is 0 Å². The van der Waals surface area contributed by atoms with Crippen LogP contribution in [0, 0.1) is 0 Å². The topological polar surface area (TPSA) is 97.0 Å². The number of rotatable bonds is 8. The third-order valence-corrected chi connectivity index (χ3v) is 4.47. The SMILES string of the molecule is CCCC[C@H](c1cccnc1)N(C)C(=O)NCc1nc(-c2cccnc2)no1. The fourth-order valence-corrected chi connectivity index (χ4v) is 2.91. The van der Waals surface area contributed by atoms with Gasteiger partial charge in [-0.1, -0.05) is 31.0 Å². The van der Waals surface area contributed by atoms with Crippen LogP contribution >= 0.6 is 0 Å². The summed E-state index contributed by atoms with van der Waals surface area (Å²) < 4.78 is 5.23.